The summed E-state index contributed by atoms with van der Waals surface area (Å²) in [6.45, 7) is 5.45. The first-order valence-corrected chi connectivity index (χ1v) is 7.65. The normalized spacial score (nSPS) is 24.0. The van der Waals surface area contributed by atoms with Gasteiger partial charge in [-0.3, -0.25) is 4.79 Å². The SMILES string of the molecule is CN1CCN(c2ccccc2CC2OCCNC2=O)CC1. The number of morpholine rings is 1. The Bertz CT molecular complexity index is 498. The van der Waals surface area contributed by atoms with Crippen molar-refractivity contribution >= 4 is 11.6 Å². The molecule has 5 heteroatoms. The smallest absolute Gasteiger partial charge is 0.249 e. The fraction of sp³-hybridized carbons (Fsp3) is 0.562. The number of nitrogens with zero attached hydrogens (tertiary/aromatic N) is 2. The van der Waals surface area contributed by atoms with Crippen molar-refractivity contribution in [2.24, 2.45) is 0 Å². The van der Waals surface area contributed by atoms with Crippen molar-refractivity contribution in [3.8, 4) is 0 Å². The van der Waals surface area contributed by atoms with E-state index in [-0.39, 0.29) is 12.0 Å². The van der Waals surface area contributed by atoms with Crippen LogP contribution < -0.4 is 10.2 Å². The van der Waals surface area contributed by atoms with E-state index >= 15 is 0 Å². The van der Waals surface area contributed by atoms with Gasteiger partial charge < -0.3 is 19.9 Å². The Morgan fingerprint density at radius 1 is 1.24 bits per heavy atom. The summed E-state index contributed by atoms with van der Waals surface area (Å²) in [4.78, 5) is 16.6. The highest BCUT2D eigenvalue weighted by molar-refractivity contribution is 5.82. The largest absolute Gasteiger partial charge is 0.369 e. The number of benzene rings is 1. The number of hydrogen-bond donors (Lipinski definition) is 1. The Labute approximate surface area is 125 Å². The Morgan fingerprint density at radius 2 is 2.00 bits per heavy atom. The van der Waals surface area contributed by atoms with E-state index in [4.69, 9.17) is 4.74 Å². The van der Waals surface area contributed by atoms with Crippen LogP contribution in [0.1, 0.15) is 5.56 Å². The van der Waals surface area contributed by atoms with Crippen LogP contribution in [0.15, 0.2) is 24.3 Å². The number of anilines is 1. The van der Waals surface area contributed by atoms with Gasteiger partial charge in [0.1, 0.15) is 6.10 Å². The van der Waals surface area contributed by atoms with Crippen LogP contribution in [0.25, 0.3) is 0 Å². The number of likely N-dealkylation sites (N-methyl/N-ethyl adjacent to an activating group) is 1. The summed E-state index contributed by atoms with van der Waals surface area (Å²) in [5.74, 6) is 0.00873. The van der Waals surface area contributed by atoms with Crippen LogP contribution in [0.4, 0.5) is 5.69 Å². The summed E-state index contributed by atoms with van der Waals surface area (Å²) < 4.78 is 5.61. The third kappa shape index (κ3) is 3.36. The van der Waals surface area contributed by atoms with Gasteiger partial charge in [0.25, 0.3) is 0 Å². The number of rotatable bonds is 3. The van der Waals surface area contributed by atoms with Gasteiger partial charge in [-0.15, -0.1) is 0 Å². The summed E-state index contributed by atoms with van der Waals surface area (Å²) in [7, 11) is 2.16. The van der Waals surface area contributed by atoms with Crippen molar-refractivity contribution in [1.82, 2.24) is 10.2 Å². The van der Waals surface area contributed by atoms with Gasteiger partial charge >= 0.3 is 0 Å². The molecule has 0 spiro atoms. The molecule has 0 saturated carbocycles. The molecule has 2 fully saturated rings. The standard InChI is InChI=1S/C16H23N3O2/c1-18-7-9-19(10-8-18)14-5-3-2-4-13(14)12-15-16(20)17-6-11-21-15/h2-5,15H,6-12H2,1H3,(H,17,20). The van der Waals surface area contributed by atoms with Crippen LogP contribution in [0.2, 0.25) is 0 Å². The number of para-hydroxylation sites is 1. The predicted molar refractivity (Wildman–Crippen MR) is 82.6 cm³/mol. The van der Waals surface area contributed by atoms with E-state index in [1.54, 1.807) is 0 Å². The molecule has 0 aromatic heterocycles. The second-order valence-corrected chi connectivity index (χ2v) is 5.77. The van der Waals surface area contributed by atoms with Crippen molar-refractivity contribution in [3.63, 3.8) is 0 Å². The molecule has 1 atom stereocenters. The van der Waals surface area contributed by atoms with E-state index in [0.29, 0.717) is 19.6 Å². The van der Waals surface area contributed by atoms with Crippen molar-refractivity contribution in [1.29, 1.82) is 0 Å². The zero-order valence-corrected chi connectivity index (χ0v) is 12.5. The molecule has 2 aliphatic heterocycles. The third-order valence-electron chi connectivity index (χ3n) is 4.25. The van der Waals surface area contributed by atoms with Crippen LogP contribution >= 0.6 is 0 Å². The van der Waals surface area contributed by atoms with Crippen LogP contribution in [0.3, 0.4) is 0 Å². The fourth-order valence-electron chi connectivity index (χ4n) is 2.96. The summed E-state index contributed by atoms with van der Waals surface area (Å²) in [5.41, 5.74) is 2.44. The minimum atomic E-state index is -0.354. The highest BCUT2D eigenvalue weighted by Crippen LogP contribution is 2.24. The van der Waals surface area contributed by atoms with Crippen molar-refractivity contribution in [2.45, 2.75) is 12.5 Å². The lowest BCUT2D eigenvalue weighted by Gasteiger charge is -2.35. The molecule has 0 bridgehead atoms. The minimum Gasteiger partial charge on any atom is -0.369 e. The zero-order valence-electron chi connectivity index (χ0n) is 12.5. The lowest BCUT2D eigenvalue weighted by molar-refractivity contribution is -0.137. The fourth-order valence-corrected chi connectivity index (χ4v) is 2.96. The van der Waals surface area contributed by atoms with Gasteiger partial charge in [-0.1, -0.05) is 18.2 Å². The van der Waals surface area contributed by atoms with Crippen molar-refractivity contribution in [3.05, 3.63) is 29.8 Å². The van der Waals surface area contributed by atoms with E-state index in [1.807, 2.05) is 6.07 Å². The van der Waals surface area contributed by atoms with Crippen LogP contribution in [0.5, 0.6) is 0 Å². The summed E-state index contributed by atoms with van der Waals surface area (Å²) in [6, 6.07) is 8.37. The highest BCUT2D eigenvalue weighted by Gasteiger charge is 2.25. The Hall–Kier alpha value is -1.59. The number of carbonyl (C=O) groups is 1. The van der Waals surface area contributed by atoms with E-state index in [9.17, 15) is 4.79 Å². The maximum atomic E-state index is 11.9. The molecule has 0 aliphatic carbocycles. The number of ether oxygens (including phenoxy) is 1. The van der Waals surface area contributed by atoms with Gasteiger partial charge in [0.05, 0.1) is 6.61 Å². The van der Waals surface area contributed by atoms with Crippen LogP contribution in [0, 0.1) is 0 Å². The van der Waals surface area contributed by atoms with E-state index in [1.165, 1.54) is 11.3 Å². The van der Waals surface area contributed by atoms with Crippen molar-refractivity contribution < 1.29 is 9.53 Å². The monoisotopic (exact) mass is 289 g/mol. The Balaban J connectivity index is 1.74. The average molecular weight is 289 g/mol. The highest BCUT2D eigenvalue weighted by atomic mass is 16.5. The topological polar surface area (TPSA) is 44.8 Å². The molecule has 2 heterocycles. The first-order chi connectivity index (χ1) is 10.2. The summed E-state index contributed by atoms with van der Waals surface area (Å²) in [6.07, 6.45) is 0.293. The molecule has 1 aromatic rings. The molecule has 114 valence electrons. The number of carbonyl (C=O) groups excluding carboxylic acids is 1. The molecule has 2 aliphatic rings. The number of hydrogen-bond acceptors (Lipinski definition) is 4. The third-order valence-corrected chi connectivity index (χ3v) is 4.25. The van der Waals surface area contributed by atoms with E-state index in [2.05, 4.69) is 40.4 Å². The van der Waals surface area contributed by atoms with Crippen molar-refractivity contribution in [2.75, 3.05) is 51.3 Å². The quantitative estimate of drug-likeness (QED) is 0.880. The predicted octanol–water partition coefficient (Wildman–Crippen LogP) is 0.496. The number of nitrogens with one attached hydrogen (secondary N) is 1. The first kappa shape index (κ1) is 14.4. The summed E-state index contributed by atoms with van der Waals surface area (Å²) in [5, 5.41) is 2.87. The zero-order chi connectivity index (χ0) is 14.7. The Kier molecular flexibility index (Phi) is 4.41. The lowest BCUT2D eigenvalue weighted by atomic mass is 10.0. The molecule has 1 amide bonds. The molecule has 1 aromatic carbocycles. The molecular formula is C16H23N3O2. The molecular weight excluding hydrogens is 266 g/mol. The Morgan fingerprint density at radius 3 is 2.76 bits per heavy atom. The second-order valence-electron chi connectivity index (χ2n) is 5.77. The van der Waals surface area contributed by atoms with Crippen LogP contribution in [-0.4, -0.2) is 63.3 Å². The van der Waals surface area contributed by atoms with E-state index < -0.39 is 0 Å². The molecule has 2 saturated heterocycles. The molecule has 5 nitrogen and oxygen atoms in total. The maximum absolute atomic E-state index is 11.9. The average Bonchev–Trinajstić information content (AvgIpc) is 2.51. The van der Waals surface area contributed by atoms with Crippen LogP contribution in [-0.2, 0) is 16.0 Å². The molecule has 1 unspecified atom stereocenters. The van der Waals surface area contributed by atoms with Gasteiger partial charge in [0.2, 0.25) is 5.91 Å². The van der Waals surface area contributed by atoms with Gasteiger partial charge in [-0.25, -0.2) is 0 Å². The first-order valence-electron chi connectivity index (χ1n) is 7.65. The number of piperazine rings is 1. The van der Waals surface area contributed by atoms with Gasteiger partial charge in [0.15, 0.2) is 0 Å². The van der Waals surface area contributed by atoms with Gasteiger partial charge in [-0.2, -0.15) is 0 Å². The molecule has 1 N–H and O–H groups in total. The second kappa shape index (κ2) is 6.45. The molecule has 0 radical (unpaired) electrons. The summed E-state index contributed by atoms with van der Waals surface area (Å²) >= 11 is 0. The van der Waals surface area contributed by atoms with E-state index in [0.717, 1.165) is 26.2 Å². The maximum Gasteiger partial charge on any atom is 0.249 e. The number of amides is 1. The van der Waals surface area contributed by atoms with Gasteiger partial charge in [0, 0.05) is 44.8 Å². The lowest BCUT2D eigenvalue weighted by Crippen LogP contribution is -2.46. The molecule has 21 heavy (non-hydrogen) atoms. The molecule has 3 rings (SSSR count). The minimum absolute atomic E-state index is 0.00873. The van der Waals surface area contributed by atoms with Gasteiger partial charge in [-0.05, 0) is 18.7 Å².